The summed E-state index contributed by atoms with van der Waals surface area (Å²) < 4.78 is 0.422. The van der Waals surface area contributed by atoms with E-state index >= 15 is 0 Å². The molecule has 0 aromatic carbocycles. The van der Waals surface area contributed by atoms with Gasteiger partial charge in [-0.05, 0) is 24.4 Å². The molecule has 6 heteroatoms. The molecule has 1 aromatic heterocycles. The fourth-order valence-corrected chi connectivity index (χ4v) is 0.852. The zero-order chi connectivity index (χ0) is 9.30. The van der Waals surface area contributed by atoms with E-state index < -0.39 is 11.4 Å². The van der Waals surface area contributed by atoms with Crippen LogP contribution in [0.3, 0.4) is 0 Å². The Morgan fingerprint density at radius 2 is 2.23 bits per heavy atom. The molecule has 0 aliphatic rings. The van der Waals surface area contributed by atoms with Crippen LogP contribution in [-0.4, -0.2) is 4.68 Å². The van der Waals surface area contributed by atoms with Gasteiger partial charge in [0.1, 0.15) is 11.6 Å². The number of hydrogen-bond acceptors (Lipinski definition) is 4. The van der Waals surface area contributed by atoms with Gasteiger partial charge in [-0.15, -0.1) is 0 Å². The predicted octanol–water partition coefficient (Wildman–Crippen LogP) is -4.18. The molecule has 0 aliphatic carbocycles. The maximum absolute atomic E-state index is 11.1. The Bertz CT molecular complexity index is 419. The van der Waals surface area contributed by atoms with E-state index in [9.17, 15) is 9.90 Å². The van der Waals surface area contributed by atoms with Gasteiger partial charge in [-0.3, -0.25) is 4.79 Å². The second-order valence-electron chi connectivity index (χ2n) is 2.33. The zero-order valence-corrected chi connectivity index (χ0v) is 9.37. The average Bonchev–Trinajstić information content (AvgIpc) is 2.01. The van der Waals surface area contributed by atoms with E-state index in [-0.39, 0.29) is 35.1 Å². The number of nitrogen functional groups attached to an aromatic ring is 1. The van der Waals surface area contributed by atoms with E-state index in [0.29, 0.717) is 10.2 Å². The molecule has 0 amide bonds. The van der Waals surface area contributed by atoms with Gasteiger partial charge in [-0.25, -0.2) is 4.68 Å². The van der Waals surface area contributed by atoms with E-state index in [1.165, 1.54) is 6.92 Å². The number of aromatic nitrogens is 1. The summed E-state index contributed by atoms with van der Waals surface area (Å²) in [4.78, 5) is 11.1. The summed E-state index contributed by atoms with van der Waals surface area (Å²) in [5.74, 6) is 4.47. The van der Waals surface area contributed by atoms with Gasteiger partial charge in [-0.2, -0.15) is 5.26 Å². The van der Waals surface area contributed by atoms with Crippen LogP contribution in [0.15, 0.2) is 10.9 Å². The van der Waals surface area contributed by atoms with Crippen LogP contribution in [0, 0.1) is 18.3 Å². The maximum atomic E-state index is 11.1. The molecular weight excluding hydrogens is 181 g/mol. The molecule has 0 bridgehead atoms. The molecule has 0 fully saturated rings. The van der Waals surface area contributed by atoms with Gasteiger partial charge < -0.3 is 10.9 Å². The summed E-state index contributed by atoms with van der Waals surface area (Å²) in [7, 11) is 0. The standard InChI is InChI=1S/C7H7N3O2.Na/c1-4-2-6(11)10(9)7(12)5(4)3-8;/h2,11H,9H2,1H3;/q;+1/p-1. The van der Waals surface area contributed by atoms with Crippen molar-refractivity contribution in [3.8, 4) is 11.9 Å². The normalized spacial score (nSPS) is 8.62. The third-order valence-corrected chi connectivity index (χ3v) is 1.52. The summed E-state index contributed by atoms with van der Waals surface area (Å²) in [6.45, 7) is 1.52. The molecule has 0 unspecified atom stereocenters. The fraction of sp³-hybridized carbons (Fsp3) is 0.143. The molecule has 0 aliphatic heterocycles. The first-order valence-electron chi connectivity index (χ1n) is 3.16. The minimum Gasteiger partial charge on any atom is -0.859 e. The number of rotatable bonds is 0. The molecule has 2 N–H and O–H groups in total. The van der Waals surface area contributed by atoms with Crippen LogP contribution in [0.2, 0.25) is 0 Å². The molecule has 0 saturated carbocycles. The Kier molecular flexibility index (Phi) is 4.01. The van der Waals surface area contributed by atoms with Crippen molar-refractivity contribution in [2.24, 2.45) is 0 Å². The van der Waals surface area contributed by atoms with Crippen LogP contribution in [0.1, 0.15) is 11.1 Å². The van der Waals surface area contributed by atoms with Gasteiger partial charge in [0.05, 0.1) is 0 Å². The van der Waals surface area contributed by atoms with Crippen LogP contribution in [0.25, 0.3) is 0 Å². The van der Waals surface area contributed by atoms with Crippen LogP contribution >= 0.6 is 0 Å². The van der Waals surface area contributed by atoms with Gasteiger partial charge in [0.15, 0.2) is 0 Å². The van der Waals surface area contributed by atoms with Crippen molar-refractivity contribution >= 4 is 0 Å². The number of hydrogen-bond donors (Lipinski definition) is 1. The van der Waals surface area contributed by atoms with Crippen molar-refractivity contribution in [1.29, 1.82) is 5.26 Å². The topological polar surface area (TPSA) is 94.9 Å². The Morgan fingerprint density at radius 3 is 2.69 bits per heavy atom. The average molecular weight is 187 g/mol. The Balaban J connectivity index is 0.00000144. The molecule has 1 aromatic rings. The second-order valence-corrected chi connectivity index (χ2v) is 2.33. The number of pyridine rings is 1. The third kappa shape index (κ3) is 2.04. The second kappa shape index (κ2) is 4.33. The molecule has 0 radical (unpaired) electrons. The molecule has 1 rings (SSSR count). The molecule has 0 saturated heterocycles. The molecule has 5 nitrogen and oxygen atoms in total. The largest absolute Gasteiger partial charge is 1.00 e. The predicted molar refractivity (Wildman–Crippen MR) is 39.8 cm³/mol. The first-order chi connectivity index (χ1) is 5.57. The van der Waals surface area contributed by atoms with Crippen LogP contribution in [0.5, 0.6) is 5.88 Å². The molecular formula is C7H6N3NaO2. The van der Waals surface area contributed by atoms with Gasteiger partial charge >= 0.3 is 29.6 Å². The summed E-state index contributed by atoms with van der Waals surface area (Å²) in [5, 5.41) is 19.4. The molecule has 1 heterocycles. The summed E-state index contributed by atoms with van der Waals surface area (Å²) >= 11 is 0. The number of nitrogens with two attached hydrogens (primary N) is 1. The van der Waals surface area contributed by atoms with E-state index in [0.717, 1.165) is 6.07 Å². The Labute approximate surface area is 96.7 Å². The summed E-state index contributed by atoms with van der Waals surface area (Å²) in [5.41, 5.74) is -0.478. The Hall–Kier alpha value is -0.960. The summed E-state index contributed by atoms with van der Waals surface area (Å²) in [6.07, 6.45) is 0. The van der Waals surface area contributed by atoms with Crippen LogP contribution < -0.4 is 46.1 Å². The molecule has 0 spiro atoms. The third-order valence-electron chi connectivity index (χ3n) is 1.52. The van der Waals surface area contributed by atoms with Crippen LogP contribution in [0.4, 0.5) is 0 Å². The molecule has 62 valence electrons. The summed E-state index contributed by atoms with van der Waals surface area (Å²) in [6, 6.07) is 2.83. The SMILES string of the molecule is Cc1cc([O-])n(N)c(=O)c1C#N.[Na+]. The monoisotopic (exact) mass is 187 g/mol. The first-order valence-corrected chi connectivity index (χ1v) is 3.16. The van der Waals surface area contributed by atoms with Crippen molar-refractivity contribution in [2.75, 3.05) is 5.84 Å². The smallest absolute Gasteiger partial charge is 0.859 e. The quantitative estimate of drug-likeness (QED) is 0.329. The van der Waals surface area contributed by atoms with Crippen molar-refractivity contribution in [3.05, 3.63) is 27.5 Å². The molecule has 0 atom stereocenters. The van der Waals surface area contributed by atoms with Gasteiger partial charge in [0, 0.05) is 0 Å². The van der Waals surface area contributed by atoms with E-state index in [4.69, 9.17) is 11.1 Å². The number of aryl methyl sites for hydroxylation is 1. The van der Waals surface area contributed by atoms with Gasteiger partial charge in [-0.1, -0.05) is 0 Å². The van der Waals surface area contributed by atoms with Crippen molar-refractivity contribution < 1.29 is 34.7 Å². The number of nitrogens with zero attached hydrogens (tertiary/aromatic N) is 2. The van der Waals surface area contributed by atoms with Gasteiger partial charge in [0.25, 0.3) is 5.56 Å². The Morgan fingerprint density at radius 1 is 1.69 bits per heavy atom. The van der Waals surface area contributed by atoms with Crippen LogP contribution in [-0.2, 0) is 0 Å². The van der Waals surface area contributed by atoms with Crippen molar-refractivity contribution in [1.82, 2.24) is 4.68 Å². The number of nitriles is 1. The minimum absolute atomic E-state index is 0. The maximum Gasteiger partial charge on any atom is 1.00 e. The molecule has 13 heavy (non-hydrogen) atoms. The first kappa shape index (κ1) is 12.0. The fourth-order valence-electron chi connectivity index (χ4n) is 0.852. The van der Waals surface area contributed by atoms with E-state index in [2.05, 4.69) is 0 Å². The van der Waals surface area contributed by atoms with Crippen molar-refractivity contribution in [2.45, 2.75) is 6.92 Å². The van der Waals surface area contributed by atoms with E-state index in [1.807, 2.05) is 0 Å². The van der Waals surface area contributed by atoms with E-state index in [1.54, 1.807) is 6.07 Å². The van der Waals surface area contributed by atoms with Gasteiger partial charge in [0.2, 0.25) is 0 Å². The van der Waals surface area contributed by atoms with Crippen molar-refractivity contribution in [3.63, 3.8) is 0 Å². The minimum atomic E-state index is -0.748. The zero-order valence-electron chi connectivity index (χ0n) is 7.37.